The summed E-state index contributed by atoms with van der Waals surface area (Å²) in [5.74, 6) is -2.64. The Hall–Kier alpha value is -6.42. The predicted molar refractivity (Wildman–Crippen MR) is 209 cm³/mol. The summed E-state index contributed by atoms with van der Waals surface area (Å²) in [6.07, 6.45) is 3.01. The molecule has 1 fully saturated rings. The molecule has 6 rings (SSSR count). The number of esters is 2. The van der Waals surface area contributed by atoms with Crippen molar-refractivity contribution in [1.29, 1.82) is 0 Å². The molecular weight excluding hydrogens is 739 g/mol. The lowest BCUT2D eigenvalue weighted by molar-refractivity contribution is -0.118. The minimum atomic E-state index is -3.88. The Morgan fingerprint density at radius 1 is 0.750 bits per heavy atom. The molecule has 1 aromatic heterocycles. The molecule has 1 aliphatic heterocycles. The molecule has 0 radical (unpaired) electrons. The van der Waals surface area contributed by atoms with Crippen molar-refractivity contribution in [2.45, 2.75) is 18.7 Å². The van der Waals surface area contributed by atoms with Gasteiger partial charge in [-0.05, 0) is 92.7 Å². The van der Waals surface area contributed by atoms with E-state index in [0.717, 1.165) is 0 Å². The number of para-hydroxylation sites is 1. The smallest absolute Gasteiger partial charge is 0.338 e. The van der Waals surface area contributed by atoms with Crippen molar-refractivity contribution in [1.82, 2.24) is 14.1 Å². The quantitative estimate of drug-likeness (QED) is 0.0665. The molecule has 1 aliphatic rings. The maximum atomic E-state index is 14.1. The standard InChI is InChI=1S/C41H39N5O9S/c1-3-54-40(49)28-13-17-32(18-14-28)42-38(47)36(39(48)43-33-19-15-29(16-20-33)41(50)55-4-2)26-31-27-46(34-10-6-5-7-11-34)44-37(31)30-9-8-12-35(25-30)56(51,52)45-21-23-53-24-22-45/h5-20,25-27H,3-4,21-24H2,1-2H3,(H,42,47)(H,43,48). The minimum Gasteiger partial charge on any atom is -0.462 e. The van der Waals surface area contributed by atoms with Crippen LogP contribution in [0, 0.1) is 0 Å². The van der Waals surface area contributed by atoms with Gasteiger partial charge < -0.3 is 24.8 Å². The van der Waals surface area contributed by atoms with Gasteiger partial charge in [0.15, 0.2) is 0 Å². The zero-order valence-electron chi connectivity index (χ0n) is 30.6. The van der Waals surface area contributed by atoms with E-state index in [1.165, 1.54) is 71.0 Å². The summed E-state index contributed by atoms with van der Waals surface area (Å²) in [6, 6.07) is 27.5. The molecule has 4 aromatic carbocycles. The van der Waals surface area contributed by atoms with E-state index in [4.69, 9.17) is 19.3 Å². The van der Waals surface area contributed by atoms with Gasteiger partial charge in [-0.2, -0.15) is 9.40 Å². The van der Waals surface area contributed by atoms with Crippen LogP contribution in [0.2, 0.25) is 0 Å². The maximum Gasteiger partial charge on any atom is 0.338 e. The molecule has 0 aliphatic carbocycles. The van der Waals surface area contributed by atoms with E-state index in [0.29, 0.717) is 33.9 Å². The summed E-state index contributed by atoms with van der Waals surface area (Å²) in [5, 5.41) is 10.3. The number of carbonyl (C=O) groups is 4. The second-order valence-corrected chi connectivity index (χ2v) is 14.3. The Bertz CT molecular complexity index is 2280. The van der Waals surface area contributed by atoms with Crippen molar-refractivity contribution in [3.05, 3.63) is 132 Å². The van der Waals surface area contributed by atoms with Gasteiger partial charge in [0.05, 0.1) is 48.1 Å². The highest BCUT2D eigenvalue weighted by molar-refractivity contribution is 7.89. The number of benzene rings is 4. The first-order valence-corrected chi connectivity index (χ1v) is 19.2. The lowest BCUT2D eigenvalue weighted by atomic mass is 10.0. The van der Waals surface area contributed by atoms with Gasteiger partial charge in [-0.25, -0.2) is 22.7 Å². The van der Waals surface area contributed by atoms with Crippen molar-refractivity contribution < 1.29 is 41.8 Å². The van der Waals surface area contributed by atoms with Gasteiger partial charge >= 0.3 is 11.9 Å². The molecule has 0 atom stereocenters. The van der Waals surface area contributed by atoms with Crippen LogP contribution < -0.4 is 10.6 Å². The molecule has 288 valence electrons. The summed E-state index contributed by atoms with van der Waals surface area (Å²) in [5.41, 5.74) is 2.52. The number of carbonyl (C=O) groups excluding carboxylic acids is 4. The average Bonchev–Trinajstić information content (AvgIpc) is 3.65. The molecule has 2 heterocycles. The van der Waals surface area contributed by atoms with Crippen molar-refractivity contribution in [3.63, 3.8) is 0 Å². The van der Waals surface area contributed by atoms with Gasteiger partial charge in [0, 0.05) is 41.8 Å². The van der Waals surface area contributed by atoms with Crippen LogP contribution in [-0.4, -0.2) is 85.8 Å². The number of rotatable bonds is 13. The normalized spacial score (nSPS) is 13.0. The SMILES string of the molecule is CCOC(=O)c1ccc(NC(=O)C(=Cc2cn(-c3ccccc3)nc2-c2cccc(S(=O)(=O)N3CCOCC3)c2)C(=O)Nc2ccc(C(=O)OCC)cc2)cc1. The number of sulfonamides is 1. The van der Waals surface area contributed by atoms with Crippen LogP contribution in [0.5, 0.6) is 0 Å². The first-order valence-electron chi connectivity index (χ1n) is 17.8. The minimum absolute atomic E-state index is 0.0503. The molecule has 2 N–H and O–H groups in total. The Balaban J connectivity index is 1.42. The fourth-order valence-corrected chi connectivity index (χ4v) is 7.22. The van der Waals surface area contributed by atoms with Gasteiger partial charge in [-0.3, -0.25) is 9.59 Å². The Morgan fingerprint density at radius 2 is 1.30 bits per heavy atom. The third-order valence-electron chi connectivity index (χ3n) is 8.58. The van der Waals surface area contributed by atoms with Crippen LogP contribution in [0.3, 0.4) is 0 Å². The Labute approximate surface area is 323 Å². The summed E-state index contributed by atoms with van der Waals surface area (Å²) in [7, 11) is -3.88. The second kappa shape index (κ2) is 17.8. The van der Waals surface area contributed by atoms with E-state index in [1.807, 2.05) is 30.3 Å². The van der Waals surface area contributed by atoms with E-state index in [-0.39, 0.29) is 61.1 Å². The highest BCUT2D eigenvalue weighted by atomic mass is 32.2. The van der Waals surface area contributed by atoms with Gasteiger partial charge in [0.25, 0.3) is 11.8 Å². The number of ether oxygens (including phenoxy) is 3. The Morgan fingerprint density at radius 3 is 1.84 bits per heavy atom. The molecule has 15 heteroatoms. The fraction of sp³-hybridized carbons (Fsp3) is 0.195. The van der Waals surface area contributed by atoms with Gasteiger partial charge in [0.2, 0.25) is 10.0 Å². The lowest BCUT2D eigenvalue weighted by Gasteiger charge is -2.26. The zero-order chi connectivity index (χ0) is 39.7. The van der Waals surface area contributed by atoms with Crippen LogP contribution in [0.1, 0.15) is 40.1 Å². The summed E-state index contributed by atoms with van der Waals surface area (Å²) < 4.78 is 45.7. The molecule has 0 bridgehead atoms. The monoisotopic (exact) mass is 777 g/mol. The molecule has 0 saturated carbocycles. The van der Waals surface area contributed by atoms with E-state index >= 15 is 0 Å². The number of aromatic nitrogens is 2. The third-order valence-corrected chi connectivity index (χ3v) is 10.5. The second-order valence-electron chi connectivity index (χ2n) is 12.3. The third kappa shape index (κ3) is 9.26. The van der Waals surface area contributed by atoms with E-state index in [2.05, 4.69) is 10.6 Å². The van der Waals surface area contributed by atoms with Crippen LogP contribution in [0.4, 0.5) is 11.4 Å². The van der Waals surface area contributed by atoms with Crippen molar-refractivity contribution in [3.8, 4) is 16.9 Å². The molecule has 14 nitrogen and oxygen atoms in total. The van der Waals surface area contributed by atoms with Gasteiger partial charge in [-0.15, -0.1) is 0 Å². The average molecular weight is 778 g/mol. The molecule has 56 heavy (non-hydrogen) atoms. The molecular formula is C41H39N5O9S. The largest absolute Gasteiger partial charge is 0.462 e. The molecule has 0 spiro atoms. The van der Waals surface area contributed by atoms with Crippen LogP contribution >= 0.6 is 0 Å². The number of nitrogens with one attached hydrogen (secondary N) is 2. The number of morpholine rings is 1. The van der Waals surface area contributed by atoms with Crippen molar-refractivity contribution in [2.75, 3.05) is 50.2 Å². The highest BCUT2D eigenvalue weighted by Gasteiger charge is 2.28. The zero-order valence-corrected chi connectivity index (χ0v) is 31.5. The van der Waals surface area contributed by atoms with Gasteiger partial charge in [0.1, 0.15) is 11.3 Å². The molecule has 0 unspecified atom stereocenters. The number of hydrogen-bond donors (Lipinski definition) is 2. The summed E-state index contributed by atoms with van der Waals surface area (Å²) in [4.78, 5) is 52.6. The highest BCUT2D eigenvalue weighted by Crippen LogP contribution is 2.30. The topological polar surface area (TPSA) is 175 Å². The lowest BCUT2D eigenvalue weighted by Crippen LogP contribution is -2.40. The van der Waals surface area contributed by atoms with Crippen molar-refractivity contribution >= 4 is 51.2 Å². The number of hydrogen-bond acceptors (Lipinski definition) is 10. The first-order chi connectivity index (χ1) is 27.1. The van der Waals surface area contributed by atoms with E-state index in [9.17, 15) is 27.6 Å². The fourth-order valence-electron chi connectivity index (χ4n) is 5.76. The molecule has 5 aromatic rings. The van der Waals surface area contributed by atoms with Crippen LogP contribution in [-0.2, 0) is 33.8 Å². The summed E-state index contributed by atoms with van der Waals surface area (Å²) in [6.45, 7) is 4.78. The number of anilines is 2. The Kier molecular flexibility index (Phi) is 12.5. The van der Waals surface area contributed by atoms with Crippen LogP contribution in [0.25, 0.3) is 23.0 Å². The number of amides is 2. The van der Waals surface area contributed by atoms with E-state index < -0.39 is 33.8 Å². The van der Waals surface area contributed by atoms with Crippen molar-refractivity contribution in [2.24, 2.45) is 0 Å². The molecule has 2 amide bonds. The van der Waals surface area contributed by atoms with Gasteiger partial charge in [-0.1, -0.05) is 30.3 Å². The van der Waals surface area contributed by atoms with Crippen LogP contribution in [0.15, 0.2) is 120 Å². The summed E-state index contributed by atoms with van der Waals surface area (Å²) >= 11 is 0. The number of nitrogens with zero attached hydrogens (tertiary/aromatic N) is 3. The van der Waals surface area contributed by atoms with E-state index in [1.54, 1.807) is 36.9 Å². The predicted octanol–water partition coefficient (Wildman–Crippen LogP) is 5.57. The molecule has 1 saturated heterocycles. The first kappa shape index (κ1) is 39.3. The maximum absolute atomic E-state index is 14.1.